The van der Waals surface area contributed by atoms with Gasteiger partial charge in [0.15, 0.2) is 0 Å². The van der Waals surface area contributed by atoms with E-state index in [9.17, 15) is 9.59 Å². The average Bonchev–Trinajstić information content (AvgIpc) is 3.45. The van der Waals surface area contributed by atoms with E-state index in [0.29, 0.717) is 35.6 Å². The van der Waals surface area contributed by atoms with Crippen LogP contribution in [0.15, 0.2) is 24.3 Å². The average molecular weight is 349 g/mol. The Kier molecular flexibility index (Phi) is 5.14. The van der Waals surface area contributed by atoms with Gasteiger partial charge in [-0.1, -0.05) is 11.6 Å². The van der Waals surface area contributed by atoms with Gasteiger partial charge in [0, 0.05) is 36.8 Å². The highest BCUT2D eigenvalue weighted by molar-refractivity contribution is 6.30. The van der Waals surface area contributed by atoms with Crippen molar-refractivity contribution in [2.45, 2.75) is 38.6 Å². The lowest BCUT2D eigenvalue weighted by Gasteiger charge is -2.35. The van der Waals surface area contributed by atoms with Crippen molar-refractivity contribution in [1.29, 1.82) is 0 Å². The zero-order valence-electron chi connectivity index (χ0n) is 14.4. The molecule has 0 N–H and O–H groups in total. The fourth-order valence-corrected chi connectivity index (χ4v) is 3.65. The first-order valence-electron chi connectivity index (χ1n) is 8.79. The summed E-state index contributed by atoms with van der Waals surface area (Å²) in [6, 6.07) is 7.26. The molecule has 1 aliphatic carbocycles. The topological polar surface area (TPSA) is 40.6 Å². The van der Waals surface area contributed by atoms with Crippen LogP contribution in [0, 0.1) is 11.8 Å². The van der Waals surface area contributed by atoms with E-state index in [1.807, 2.05) is 16.8 Å². The van der Waals surface area contributed by atoms with Gasteiger partial charge in [-0.05, 0) is 62.8 Å². The van der Waals surface area contributed by atoms with Crippen molar-refractivity contribution in [1.82, 2.24) is 9.80 Å². The quantitative estimate of drug-likeness (QED) is 0.836. The van der Waals surface area contributed by atoms with Crippen LogP contribution in [0.25, 0.3) is 0 Å². The van der Waals surface area contributed by atoms with Crippen LogP contribution in [0.5, 0.6) is 0 Å². The first-order chi connectivity index (χ1) is 11.5. The summed E-state index contributed by atoms with van der Waals surface area (Å²) in [5.41, 5.74) is 0.632. The van der Waals surface area contributed by atoms with Gasteiger partial charge in [0.2, 0.25) is 5.91 Å². The molecule has 2 fully saturated rings. The molecule has 0 radical (unpaired) electrons. The predicted octanol–water partition coefficient (Wildman–Crippen LogP) is 3.45. The summed E-state index contributed by atoms with van der Waals surface area (Å²) in [4.78, 5) is 29.2. The summed E-state index contributed by atoms with van der Waals surface area (Å²) in [7, 11) is 1.91. The van der Waals surface area contributed by atoms with Gasteiger partial charge in [-0.3, -0.25) is 9.59 Å². The zero-order valence-corrected chi connectivity index (χ0v) is 15.1. The fraction of sp³-hybridized carbons (Fsp3) is 0.579. The second-order valence-electron chi connectivity index (χ2n) is 7.12. The summed E-state index contributed by atoms with van der Waals surface area (Å²) < 4.78 is 0. The first-order valence-corrected chi connectivity index (χ1v) is 9.16. The summed E-state index contributed by atoms with van der Waals surface area (Å²) in [6.45, 7) is 3.37. The lowest BCUT2D eigenvalue weighted by Crippen LogP contribution is -2.48. The van der Waals surface area contributed by atoms with Crippen molar-refractivity contribution in [3.63, 3.8) is 0 Å². The van der Waals surface area contributed by atoms with E-state index in [1.165, 1.54) is 12.8 Å². The van der Waals surface area contributed by atoms with Gasteiger partial charge in [-0.2, -0.15) is 0 Å². The Morgan fingerprint density at radius 1 is 1.21 bits per heavy atom. The van der Waals surface area contributed by atoms with Crippen molar-refractivity contribution in [2.24, 2.45) is 11.8 Å². The molecule has 24 heavy (non-hydrogen) atoms. The summed E-state index contributed by atoms with van der Waals surface area (Å²) in [5, 5.41) is 0.619. The van der Waals surface area contributed by atoms with Crippen LogP contribution in [-0.4, -0.2) is 47.8 Å². The Balaban J connectivity index is 1.64. The van der Waals surface area contributed by atoms with Crippen LogP contribution in [-0.2, 0) is 4.79 Å². The lowest BCUT2D eigenvalue weighted by atomic mass is 9.95. The Morgan fingerprint density at radius 3 is 2.50 bits per heavy atom. The molecule has 1 aliphatic heterocycles. The van der Waals surface area contributed by atoms with Crippen LogP contribution in [0.3, 0.4) is 0 Å². The molecule has 3 rings (SSSR count). The number of benzene rings is 1. The molecule has 5 heteroatoms. The van der Waals surface area contributed by atoms with Crippen molar-refractivity contribution >= 4 is 23.4 Å². The Morgan fingerprint density at radius 2 is 1.88 bits per heavy atom. The largest absolute Gasteiger partial charge is 0.342 e. The van der Waals surface area contributed by atoms with Gasteiger partial charge < -0.3 is 9.80 Å². The van der Waals surface area contributed by atoms with E-state index in [2.05, 4.69) is 6.92 Å². The summed E-state index contributed by atoms with van der Waals surface area (Å²) in [5.74, 6) is 0.751. The van der Waals surface area contributed by atoms with Crippen LogP contribution in [0.1, 0.15) is 43.0 Å². The molecule has 2 atom stereocenters. The third-order valence-corrected chi connectivity index (χ3v) is 5.66. The second kappa shape index (κ2) is 7.14. The predicted molar refractivity (Wildman–Crippen MR) is 95.0 cm³/mol. The van der Waals surface area contributed by atoms with Crippen LogP contribution in [0.4, 0.5) is 0 Å². The summed E-state index contributed by atoms with van der Waals surface area (Å²) >= 11 is 5.89. The first kappa shape index (κ1) is 17.3. The van der Waals surface area contributed by atoms with Crippen molar-refractivity contribution in [3.8, 4) is 0 Å². The SMILES string of the molecule is CC(C1CC1)N(C)C(=O)C1CCCN(C(=O)c2ccc(Cl)cc2)C1. The molecule has 0 bridgehead atoms. The molecule has 130 valence electrons. The van der Waals surface area contributed by atoms with Crippen molar-refractivity contribution in [3.05, 3.63) is 34.9 Å². The third kappa shape index (κ3) is 3.75. The molecule has 0 aromatic heterocycles. The fourth-order valence-electron chi connectivity index (χ4n) is 3.52. The highest BCUT2D eigenvalue weighted by atomic mass is 35.5. The number of halogens is 1. The highest BCUT2D eigenvalue weighted by Gasteiger charge is 2.36. The van der Waals surface area contributed by atoms with E-state index < -0.39 is 0 Å². The Labute approximate surface area is 148 Å². The molecule has 1 aromatic rings. The molecule has 2 unspecified atom stereocenters. The Bertz CT molecular complexity index is 612. The minimum absolute atomic E-state index is 0.0120. The minimum Gasteiger partial charge on any atom is -0.342 e. The van der Waals surface area contributed by atoms with Crippen LogP contribution in [0.2, 0.25) is 5.02 Å². The minimum atomic E-state index is -0.0822. The number of amides is 2. The van der Waals surface area contributed by atoms with Gasteiger partial charge in [0.05, 0.1) is 5.92 Å². The Hall–Kier alpha value is -1.55. The maximum absolute atomic E-state index is 12.8. The zero-order chi connectivity index (χ0) is 17.3. The van der Waals surface area contributed by atoms with Gasteiger partial charge >= 0.3 is 0 Å². The van der Waals surface area contributed by atoms with E-state index in [1.54, 1.807) is 24.3 Å². The van der Waals surface area contributed by atoms with Crippen molar-refractivity contribution < 1.29 is 9.59 Å². The normalized spacial score (nSPS) is 22.1. The maximum atomic E-state index is 12.8. The number of hydrogen-bond acceptors (Lipinski definition) is 2. The van der Waals surface area contributed by atoms with Crippen molar-refractivity contribution in [2.75, 3.05) is 20.1 Å². The molecule has 0 spiro atoms. The molecule has 2 amide bonds. The van der Waals surface area contributed by atoms with E-state index >= 15 is 0 Å². The molecule has 1 heterocycles. The number of piperidine rings is 1. The number of nitrogens with zero attached hydrogens (tertiary/aromatic N) is 2. The van der Waals surface area contributed by atoms with Gasteiger partial charge in [-0.25, -0.2) is 0 Å². The van der Waals surface area contributed by atoms with E-state index in [4.69, 9.17) is 11.6 Å². The molecular formula is C19H25ClN2O2. The smallest absolute Gasteiger partial charge is 0.253 e. The van der Waals surface area contributed by atoms with E-state index in [0.717, 1.165) is 12.8 Å². The van der Waals surface area contributed by atoms with E-state index in [-0.39, 0.29) is 17.7 Å². The number of carbonyl (C=O) groups is 2. The number of likely N-dealkylation sites (tertiary alicyclic amines) is 1. The number of hydrogen-bond donors (Lipinski definition) is 0. The third-order valence-electron chi connectivity index (χ3n) is 5.41. The number of carbonyl (C=O) groups excluding carboxylic acids is 2. The molecule has 1 saturated heterocycles. The molecule has 4 nitrogen and oxygen atoms in total. The highest BCUT2D eigenvalue weighted by Crippen LogP contribution is 2.35. The van der Waals surface area contributed by atoms with Crippen LogP contribution < -0.4 is 0 Å². The maximum Gasteiger partial charge on any atom is 0.253 e. The molecular weight excluding hydrogens is 324 g/mol. The van der Waals surface area contributed by atoms with Crippen LogP contribution >= 0.6 is 11.6 Å². The van der Waals surface area contributed by atoms with Gasteiger partial charge in [0.1, 0.15) is 0 Å². The molecule has 1 aromatic carbocycles. The monoisotopic (exact) mass is 348 g/mol. The molecule has 1 saturated carbocycles. The second-order valence-corrected chi connectivity index (χ2v) is 7.56. The van der Waals surface area contributed by atoms with Gasteiger partial charge in [-0.15, -0.1) is 0 Å². The summed E-state index contributed by atoms with van der Waals surface area (Å²) in [6.07, 6.45) is 4.20. The van der Waals surface area contributed by atoms with Gasteiger partial charge in [0.25, 0.3) is 5.91 Å². The lowest BCUT2D eigenvalue weighted by molar-refractivity contribution is -0.137. The molecule has 2 aliphatic rings. The standard InChI is InChI=1S/C19H25ClN2O2/c1-13(14-5-6-14)21(2)18(23)16-4-3-11-22(12-16)19(24)15-7-9-17(20)10-8-15/h7-10,13-14,16H,3-6,11-12H2,1-2H3. The number of rotatable bonds is 4.